The van der Waals surface area contributed by atoms with Crippen LogP contribution in [0.1, 0.15) is 55.6 Å². The maximum atomic E-state index is 15.3. The minimum Gasteiger partial charge on any atom is -0.382 e. The summed E-state index contributed by atoms with van der Waals surface area (Å²) in [5, 5.41) is 5.53. The number of nitrogens with two attached hydrogens (primary N) is 1. The van der Waals surface area contributed by atoms with E-state index in [1.165, 1.54) is 34.4 Å². The number of nitrogens with zero attached hydrogens (tertiary/aromatic N) is 4. The molecule has 6 rings (SSSR count). The molecule has 2 aliphatic rings. The molecule has 1 aromatic carbocycles. The molecule has 10 nitrogen and oxygen atoms in total. The number of rotatable bonds is 8. The molecule has 41 heavy (non-hydrogen) atoms. The lowest BCUT2D eigenvalue weighted by molar-refractivity contribution is -0.0103. The molecular weight excluding hydrogens is 565 g/mol. The zero-order valence-electron chi connectivity index (χ0n) is 23.0. The summed E-state index contributed by atoms with van der Waals surface area (Å²) in [7, 11) is -4.03. The molecule has 1 fully saturated rings. The molecule has 0 radical (unpaired) electrons. The Labute approximate surface area is 241 Å². The summed E-state index contributed by atoms with van der Waals surface area (Å²) in [6.07, 6.45) is 6.81. The van der Waals surface area contributed by atoms with Crippen molar-refractivity contribution in [2.75, 3.05) is 23.7 Å². The van der Waals surface area contributed by atoms with Gasteiger partial charge in [-0.05, 0) is 43.9 Å². The number of hydrogen-bond acceptors (Lipinski definition) is 9. The lowest BCUT2D eigenvalue weighted by atomic mass is 9.92. The number of fused-ring (bicyclic) bond motifs is 1. The Balaban J connectivity index is 1.36. The monoisotopic (exact) mass is 597 g/mol. The van der Waals surface area contributed by atoms with Gasteiger partial charge >= 0.3 is 0 Å². The van der Waals surface area contributed by atoms with Crippen LogP contribution in [0.25, 0.3) is 22.3 Å². The van der Waals surface area contributed by atoms with Crippen LogP contribution < -0.4 is 15.8 Å². The maximum absolute atomic E-state index is 15.3. The number of anilines is 2. The Morgan fingerprint density at radius 2 is 2.02 bits per heavy atom. The van der Waals surface area contributed by atoms with Crippen molar-refractivity contribution >= 4 is 44.0 Å². The van der Waals surface area contributed by atoms with E-state index < -0.39 is 15.8 Å². The molecule has 0 amide bonds. The van der Waals surface area contributed by atoms with Crippen LogP contribution in [-0.4, -0.2) is 53.1 Å². The number of aromatic nitrogens is 4. The molecule has 0 saturated carbocycles. The Kier molecular flexibility index (Phi) is 7.30. The van der Waals surface area contributed by atoms with Crippen LogP contribution in [0, 0.1) is 12.7 Å². The predicted octanol–water partition coefficient (Wildman–Crippen LogP) is 4.73. The number of benzene rings is 1. The second-order valence-corrected chi connectivity index (χ2v) is 13.5. The number of ether oxygens (including phenoxy) is 1. The van der Waals surface area contributed by atoms with Gasteiger partial charge in [0, 0.05) is 22.9 Å². The van der Waals surface area contributed by atoms with Gasteiger partial charge in [-0.1, -0.05) is 26.0 Å². The summed E-state index contributed by atoms with van der Waals surface area (Å²) in [5.74, 6) is 0.383. The van der Waals surface area contributed by atoms with E-state index in [9.17, 15) is 8.42 Å². The molecule has 4 N–H and O–H groups in total. The number of allylic oxidation sites excluding steroid dienone is 1. The van der Waals surface area contributed by atoms with Gasteiger partial charge in [-0.25, -0.2) is 19.3 Å². The number of hydrogen-bond donors (Lipinski definition) is 3. The molecule has 0 spiro atoms. The van der Waals surface area contributed by atoms with Crippen molar-refractivity contribution in [1.29, 1.82) is 0 Å². The fourth-order valence-electron chi connectivity index (χ4n) is 5.27. The van der Waals surface area contributed by atoms with Gasteiger partial charge in [-0.2, -0.15) is 8.42 Å². The van der Waals surface area contributed by atoms with Crippen molar-refractivity contribution in [3.05, 3.63) is 58.2 Å². The number of nitrogen functional groups attached to an aromatic ring is 1. The largest absolute Gasteiger partial charge is 0.382 e. The third kappa shape index (κ3) is 5.34. The van der Waals surface area contributed by atoms with E-state index in [1.807, 2.05) is 18.2 Å². The Bertz CT molecular complexity index is 1760. The summed E-state index contributed by atoms with van der Waals surface area (Å²) in [5.41, 5.74) is 9.89. The number of aryl methyl sites for hydroxylation is 1. The number of halogens is 1. The number of imidazole rings is 1. The van der Waals surface area contributed by atoms with Crippen LogP contribution in [0.5, 0.6) is 0 Å². The molecule has 0 bridgehead atoms. The minimum atomic E-state index is -4.03. The second kappa shape index (κ2) is 10.8. The van der Waals surface area contributed by atoms with Crippen molar-refractivity contribution in [2.24, 2.45) is 0 Å². The van der Waals surface area contributed by atoms with Crippen LogP contribution in [0.2, 0.25) is 0 Å². The third-order valence-electron chi connectivity index (χ3n) is 7.44. The van der Waals surface area contributed by atoms with Gasteiger partial charge in [-0.3, -0.25) is 9.12 Å². The van der Waals surface area contributed by atoms with E-state index >= 15 is 4.39 Å². The quantitative estimate of drug-likeness (QED) is 0.265. The van der Waals surface area contributed by atoms with Crippen molar-refractivity contribution in [3.8, 4) is 11.3 Å². The Hall–Kier alpha value is -3.39. The van der Waals surface area contributed by atoms with Gasteiger partial charge in [0.25, 0.3) is 10.0 Å². The predicted molar refractivity (Wildman–Crippen MR) is 158 cm³/mol. The summed E-state index contributed by atoms with van der Waals surface area (Å²) < 4.78 is 50.4. The van der Waals surface area contributed by atoms with Crippen molar-refractivity contribution in [3.63, 3.8) is 0 Å². The normalized spacial score (nSPS) is 18.1. The molecule has 1 aliphatic heterocycles. The molecule has 0 unspecified atom stereocenters. The summed E-state index contributed by atoms with van der Waals surface area (Å²) >= 11 is 1.21. The molecule has 1 saturated heterocycles. The molecule has 13 heteroatoms. The van der Waals surface area contributed by atoms with E-state index in [0.717, 1.165) is 44.0 Å². The standard InChI is InChI=1S/C28H32FN7O3S2/c1-15(2)28-34-25(18-6-9-22(21(29)10-18)35-41(37,38)24-14-40-16(3)32-24)26-27(30)31-11-23(36(26)28)17-4-7-19(8-5-17)33-20-12-39-13-20/h4,6,9-11,14-15,19-20,33,35H,5,7-8,12-13H2,1-3H3,(H2,30,31)/t19-/m1/s1. The van der Waals surface area contributed by atoms with Gasteiger partial charge in [0.05, 0.1) is 41.8 Å². The first-order valence-electron chi connectivity index (χ1n) is 13.6. The van der Waals surface area contributed by atoms with Gasteiger partial charge in [0.15, 0.2) is 5.03 Å². The number of nitrogens with one attached hydrogen (secondary N) is 2. The van der Waals surface area contributed by atoms with Gasteiger partial charge in [-0.15, -0.1) is 11.3 Å². The second-order valence-electron chi connectivity index (χ2n) is 10.8. The topological polar surface area (TPSA) is 137 Å². The summed E-state index contributed by atoms with van der Waals surface area (Å²) in [4.78, 5) is 13.4. The average Bonchev–Trinajstić information content (AvgIpc) is 3.54. The molecule has 4 heterocycles. The molecule has 3 aromatic heterocycles. The summed E-state index contributed by atoms with van der Waals surface area (Å²) in [6.45, 7) is 7.34. The molecular formula is C28H32FN7O3S2. The van der Waals surface area contributed by atoms with E-state index in [0.29, 0.717) is 33.9 Å². The highest BCUT2D eigenvalue weighted by Crippen LogP contribution is 2.36. The van der Waals surface area contributed by atoms with Crippen LogP contribution in [0.15, 0.2) is 40.9 Å². The van der Waals surface area contributed by atoms with Gasteiger partial charge in [0.1, 0.15) is 28.7 Å². The van der Waals surface area contributed by atoms with E-state index in [-0.39, 0.29) is 22.4 Å². The first-order chi connectivity index (χ1) is 19.6. The zero-order chi connectivity index (χ0) is 28.9. The SMILES string of the molecule is Cc1nc(S(=O)(=O)Nc2ccc(-c3nc(C(C)C)n4c(C5=CC[C@@H](NC6COC6)CC5)cnc(N)c34)cc2F)cs1. The van der Waals surface area contributed by atoms with Gasteiger partial charge in [0.2, 0.25) is 0 Å². The first kappa shape index (κ1) is 27.8. The summed E-state index contributed by atoms with van der Waals surface area (Å²) in [6, 6.07) is 5.13. The van der Waals surface area contributed by atoms with Crippen LogP contribution in [0.4, 0.5) is 15.9 Å². The molecule has 216 valence electrons. The van der Waals surface area contributed by atoms with Crippen molar-refractivity contribution < 1.29 is 17.5 Å². The van der Waals surface area contributed by atoms with Crippen LogP contribution in [0.3, 0.4) is 0 Å². The lowest BCUT2D eigenvalue weighted by Crippen LogP contribution is -2.50. The van der Waals surface area contributed by atoms with Crippen molar-refractivity contribution in [2.45, 2.75) is 63.1 Å². The van der Waals surface area contributed by atoms with Crippen LogP contribution >= 0.6 is 11.3 Å². The Morgan fingerprint density at radius 3 is 2.63 bits per heavy atom. The maximum Gasteiger partial charge on any atom is 0.280 e. The van der Waals surface area contributed by atoms with Crippen molar-refractivity contribution in [1.82, 2.24) is 24.7 Å². The zero-order valence-corrected chi connectivity index (χ0v) is 24.7. The molecule has 4 aromatic rings. The van der Waals surface area contributed by atoms with E-state index in [4.69, 9.17) is 15.5 Å². The lowest BCUT2D eigenvalue weighted by Gasteiger charge is -2.33. The number of thiazole rings is 1. The Morgan fingerprint density at radius 1 is 1.22 bits per heavy atom. The highest BCUT2D eigenvalue weighted by atomic mass is 32.2. The highest BCUT2D eigenvalue weighted by molar-refractivity contribution is 7.92. The fraction of sp³-hybridized carbons (Fsp3) is 0.393. The van der Waals surface area contributed by atoms with Crippen LogP contribution in [-0.2, 0) is 14.8 Å². The molecule has 1 atom stereocenters. The fourth-order valence-corrected chi connectivity index (χ4v) is 7.28. The van der Waals surface area contributed by atoms with E-state index in [1.54, 1.807) is 19.2 Å². The number of sulfonamides is 1. The minimum absolute atomic E-state index is 0.0477. The van der Waals surface area contributed by atoms with E-state index in [2.05, 4.69) is 26.1 Å². The average molecular weight is 598 g/mol. The van der Waals surface area contributed by atoms with Gasteiger partial charge < -0.3 is 15.8 Å². The third-order valence-corrected chi connectivity index (χ3v) is 9.61. The highest BCUT2D eigenvalue weighted by Gasteiger charge is 2.27. The first-order valence-corrected chi connectivity index (χ1v) is 15.9. The molecule has 1 aliphatic carbocycles. The smallest absolute Gasteiger partial charge is 0.280 e.